The van der Waals surface area contributed by atoms with Gasteiger partial charge in [-0.15, -0.1) is 0 Å². The molecule has 1 N–H and O–H groups in total. The van der Waals surface area contributed by atoms with Crippen LogP contribution in [0.25, 0.3) is 0 Å². The van der Waals surface area contributed by atoms with Gasteiger partial charge in [0.2, 0.25) is 0 Å². The average Bonchev–Trinajstić information content (AvgIpc) is 2.37. The molecule has 0 amide bonds. The van der Waals surface area contributed by atoms with Crippen molar-refractivity contribution >= 4 is 11.6 Å². The lowest BCUT2D eigenvalue weighted by Crippen LogP contribution is -2.63. The van der Waals surface area contributed by atoms with E-state index in [-0.39, 0.29) is 5.54 Å². The van der Waals surface area contributed by atoms with Crippen LogP contribution in [0.4, 0.5) is 0 Å². The van der Waals surface area contributed by atoms with E-state index in [0.29, 0.717) is 18.0 Å². The second-order valence-corrected chi connectivity index (χ2v) is 7.35. The van der Waals surface area contributed by atoms with Crippen molar-refractivity contribution in [1.82, 2.24) is 10.2 Å². The molecule has 1 heterocycles. The zero-order valence-corrected chi connectivity index (χ0v) is 14.0. The van der Waals surface area contributed by atoms with E-state index in [9.17, 15) is 0 Å². The molecule has 1 aromatic carbocycles. The van der Waals surface area contributed by atoms with E-state index in [4.69, 9.17) is 11.6 Å². The van der Waals surface area contributed by atoms with E-state index in [2.05, 4.69) is 57.0 Å². The van der Waals surface area contributed by atoms with E-state index in [0.717, 1.165) is 18.1 Å². The molecule has 2 unspecified atom stereocenters. The molecule has 0 spiro atoms. The highest BCUT2D eigenvalue weighted by atomic mass is 35.5. The van der Waals surface area contributed by atoms with Crippen LogP contribution in [0.2, 0.25) is 5.02 Å². The molecular weight excluding hydrogens is 268 g/mol. The Balaban J connectivity index is 2.28. The zero-order valence-electron chi connectivity index (χ0n) is 13.3. The molecule has 2 atom stereocenters. The first kappa shape index (κ1) is 15.8. The summed E-state index contributed by atoms with van der Waals surface area (Å²) < 4.78 is 0. The first-order valence-electron chi connectivity index (χ1n) is 7.57. The van der Waals surface area contributed by atoms with Gasteiger partial charge in [-0.2, -0.15) is 0 Å². The third-order valence-electron chi connectivity index (χ3n) is 4.42. The summed E-state index contributed by atoms with van der Waals surface area (Å²) in [6.45, 7) is 13.5. The van der Waals surface area contributed by atoms with Gasteiger partial charge in [-0.05, 0) is 38.3 Å². The van der Waals surface area contributed by atoms with Crippen molar-refractivity contribution in [2.75, 3.05) is 13.1 Å². The highest BCUT2D eigenvalue weighted by Gasteiger charge is 2.37. The molecule has 2 nitrogen and oxygen atoms in total. The summed E-state index contributed by atoms with van der Waals surface area (Å²) >= 11 is 6.39. The molecule has 0 saturated carbocycles. The number of halogens is 1. The smallest absolute Gasteiger partial charge is 0.0453 e. The van der Waals surface area contributed by atoms with Crippen LogP contribution < -0.4 is 5.32 Å². The normalized spacial score (nSPS) is 24.9. The Bertz CT molecular complexity index is 456. The lowest BCUT2D eigenvalue weighted by molar-refractivity contribution is 0.0371. The van der Waals surface area contributed by atoms with E-state index >= 15 is 0 Å². The largest absolute Gasteiger partial charge is 0.309 e. The molecule has 1 aliphatic rings. The van der Waals surface area contributed by atoms with E-state index in [1.807, 2.05) is 12.1 Å². The molecule has 1 aromatic rings. The predicted octanol–water partition coefficient (Wildman–Crippen LogP) is 4.11. The molecule has 20 heavy (non-hydrogen) atoms. The Kier molecular flexibility index (Phi) is 4.78. The Hall–Kier alpha value is -0.570. The number of nitrogens with zero attached hydrogens (tertiary/aromatic N) is 1. The predicted molar refractivity (Wildman–Crippen MR) is 87.3 cm³/mol. The molecule has 0 radical (unpaired) electrons. The van der Waals surface area contributed by atoms with Crippen LogP contribution in [0.15, 0.2) is 24.3 Å². The quantitative estimate of drug-likeness (QED) is 0.902. The summed E-state index contributed by atoms with van der Waals surface area (Å²) in [6, 6.07) is 9.12. The third-order valence-corrected chi connectivity index (χ3v) is 4.76. The van der Waals surface area contributed by atoms with Crippen molar-refractivity contribution in [2.45, 2.75) is 52.2 Å². The monoisotopic (exact) mass is 294 g/mol. The van der Waals surface area contributed by atoms with Gasteiger partial charge in [0, 0.05) is 35.7 Å². The standard InChI is InChI=1S/C17H27ClN2/c1-12(2)16-10-19-17(4,5)11-20(16)13(3)14-8-6-7-9-15(14)18/h6-9,12-13,16,19H,10-11H2,1-5H3. The fourth-order valence-corrected chi connectivity index (χ4v) is 3.46. The zero-order chi connectivity index (χ0) is 14.9. The van der Waals surface area contributed by atoms with E-state index < -0.39 is 0 Å². The van der Waals surface area contributed by atoms with Gasteiger partial charge in [0.05, 0.1) is 0 Å². The average molecular weight is 295 g/mol. The number of hydrogen-bond acceptors (Lipinski definition) is 2. The summed E-state index contributed by atoms with van der Waals surface area (Å²) in [7, 11) is 0. The van der Waals surface area contributed by atoms with Crippen molar-refractivity contribution in [3.05, 3.63) is 34.9 Å². The van der Waals surface area contributed by atoms with Gasteiger partial charge in [0.15, 0.2) is 0 Å². The van der Waals surface area contributed by atoms with Gasteiger partial charge in [-0.1, -0.05) is 43.6 Å². The topological polar surface area (TPSA) is 15.3 Å². The van der Waals surface area contributed by atoms with Gasteiger partial charge >= 0.3 is 0 Å². The fraction of sp³-hybridized carbons (Fsp3) is 0.647. The minimum atomic E-state index is 0.154. The summed E-state index contributed by atoms with van der Waals surface area (Å²) in [5, 5.41) is 4.54. The summed E-state index contributed by atoms with van der Waals surface area (Å²) in [5.41, 5.74) is 1.39. The fourth-order valence-electron chi connectivity index (χ4n) is 3.16. The molecule has 1 saturated heterocycles. The van der Waals surface area contributed by atoms with Crippen LogP contribution in [-0.2, 0) is 0 Å². The second kappa shape index (κ2) is 6.05. The molecule has 112 valence electrons. The molecular formula is C17H27ClN2. The van der Waals surface area contributed by atoms with Gasteiger partial charge in [-0.25, -0.2) is 0 Å². The van der Waals surface area contributed by atoms with Crippen LogP contribution >= 0.6 is 11.6 Å². The maximum atomic E-state index is 6.39. The van der Waals surface area contributed by atoms with Crippen molar-refractivity contribution < 1.29 is 0 Å². The van der Waals surface area contributed by atoms with Crippen molar-refractivity contribution in [3.63, 3.8) is 0 Å². The molecule has 1 aliphatic heterocycles. The Morgan fingerprint density at radius 2 is 1.90 bits per heavy atom. The highest BCUT2D eigenvalue weighted by molar-refractivity contribution is 6.31. The number of rotatable bonds is 3. The SMILES string of the molecule is CC(C)C1CNC(C)(C)CN1C(C)c1ccccc1Cl. The van der Waals surface area contributed by atoms with Gasteiger partial charge < -0.3 is 5.32 Å². The van der Waals surface area contributed by atoms with Crippen LogP contribution in [0.1, 0.15) is 46.2 Å². The van der Waals surface area contributed by atoms with Crippen molar-refractivity contribution in [1.29, 1.82) is 0 Å². The first-order chi connectivity index (χ1) is 9.32. The summed E-state index contributed by atoms with van der Waals surface area (Å²) in [5.74, 6) is 0.628. The van der Waals surface area contributed by atoms with Crippen LogP contribution in [0.5, 0.6) is 0 Å². The molecule has 3 heteroatoms. The molecule has 2 rings (SSSR count). The third kappa shape index (κ3) is 3.36. The lowest BCUT2D eigenvalue weighted by Gasteiger charge is -2.49. The summed E-state index contributed by atoms with van der Waals surface area (Å²) in [6.07, 6.45) is 0. The lowest BCUT2D eigenvalue weighted by atomic mass is 9.90. The van der Waals surface area contributed by atoms with Gasteiger partial charge in [0.1, 0.15) is 0 Å². The summed E-state index contributed by atoms with van der Waals surface area (Å²) in [4.78, 5) is 2.61. The maximum Gasteiger partial charge on any atom is 0.0453 e. The number of hydrogen-bond donors (Lipinski definition) is 1. The van der Waals surface area contributed by atoms with Crippen molar-refractivity contribution in [3.8, 4) is 0 Å². The van der Waals surface area contributed by atoms with E-state index in [1.54, 1.807) is 0 Å². The van der Waals surface area contributed by atoms with Crippen LogP contribution in [0, 0.1) is 5.92 Å². The highest BCUT2D eigenvalue weighted by Crippen LogP contribution is 2.33. The first-order valence-corrected chi connectivity index (χ1v) is 7.95. The second-order valence-electron chi connectivity index (χ2n) is 6.95. The van der Waals surface area contributed by atoms with Gasteiger partial charge in [0.25, 0.3) is 0 Å². The molecule has 0 aliphatic carbocycles. The maximum absolute atomic E-state index is 6.39. The van der Waals surface area contributed by atoms with Crippen molar-refractivity contribution in [2.24, 2.45) is 5.92 Å². The van der Waals surface area contributed by atoms with E-state index in [1.165, 1.54) is 5.56 Å². The molecule has 0 aromatic heterocycles. The molecule has 1 fully saturated rings. The van der Waals surface area contributed by atoms with Crippen LogP contribution in [-0.4, -0.2) is 29.6 Å². The minimum Gasteiger partial charge on any atom is -0.309 e. The Morgan fingerprint density at radius 1 is 1.25 bits per heavy atom. The van der Waals surface area contributed by atoms with Gasteiger partial charge in [-0.3, -0.25) is 4.90 Å². The van der Waals surface area contributed by atoms with Crippen LogP contribution in [0.3, 0.4) is 0 Å². The number of benzene rings is 1. The number of piperazine rings is 1. The molecule has 0 bridgehead atoms. The number of nitrogens with one attached hydrogen (secondary N) is 1. The Labute approximate surface area is 128 Å². The Morgan fingerprint density at radius 3 is 2.50 bits per heavy atom. The minimum absolute atomic E-state index is 0.154.